The Morgan fingerprint density at radius 1 is 1.04 bits per heavy atom. The molecule has 3 rings (SSSR count). The molecule has 0 saturated carbocycles. The van der Waals surface area contributed by atoms with Crippen LogP contribution in [0.4, 0.5) is 11.4 Å². The van der Waals surface area contributed by atoms with E-state index >= 15 is 0 Å². The lowest BCUT2D eigenvalue weighted by Crippen LogP contribution is -2.29. The van der Waals surface area contributed by atoms with Crippen LogP contribution in [0.3, 0.4) is 0 Å². The predicted octanol–water partition coefficient (Wildman–Crippen LogP) is 1.59. The molecule has 8 nitrogen and oxygen atoms in total. The van der Waals surface area contributed by atoms with E-state index in [-0.39, 0.29) is 35.8 Å². The zero-order chi connectivity index (χ0) is 19.6. The van der Waals surface area contributed by atoms with Crippen molar-refractivity contribution in [3.63, 3.8) is 0 Å². The molecule has 0 aliphatic carbocycles. The summed E-state index contributed by atoms with van der Waals surface area (Å²) in [5.41, 5.74) is 1.29. The third-order valence-corrected chi connectivity index (χ3v) is 3.89. The number of aliphatic hydroxyl groups is 1. The molecule has 0 bridgehead atoms. The fourth-order valence-corrected chi connectivity index (χ4v) is 2.72. The smallest absolute Gasteiger partial charge is 0.338 e. The Bertz CT molecular complexity index is 936. The van der Waals surface area contributed by atoms with Gasteiger partial charge in [0.25, 0.3) is 11.8 Å². The molecular weight excluding hydrogens is 352 g/mol. The fraction of sp³-hybridized carbons (Fsp3) is 0.158. The van der Waals surface area contributed by atoms with E-state index in [0.717, 1.165) is 4.90 Å². The minimum atomic E-state index is -0.690. The van der Waals surface area contributed by atoms with Gasteiger partial charge in [0.1, 0.15) is 6.61 Å². The minimum Gasteiger partial charge on any atom is -0.460 e. The summed E-state index contributed by atoms with van der Waals surface area (Å²) in [6.07, 6.45) is 0. The Morgan fingerprint density at radius 2 is 1.70 bits per heavy atom. The molecule has 0 saturated heterocycles. The van der Waals surface area contributed by atoms with Crippen molar-refractivity contribution in [1.29, 1.82) is 0 Å². The Kier molecular flexibility index (Phi) is 5.00. The lowest BCUT2D eigenvalue weighted by molar-refractivity contribution is -0.114. The number of esters is 1. The number of fused-ring (bicyclic) bond motifs is 1. The molecule has 8 heteroatoms. The number of imide groups is 1. The summed E-state index contributed by atoms with van der Waals surface area (Å²) in [4.78, 5) is 49.3. The van der Waals surface area contributed by atoms with Crippen molar-refractivity contribution in [3.8, 4) is 0 Å². The van der Waals surface area contributed by atoms with Crippen LogP contribution in [0.1, 0.15) is 38.0 Å². The van der Waals surface area contributed by atoms with Gasteiger partial charge in [-0.3, -0.25) is 14.4 Å². The number of rotatable bonds is 5. The van der Waals surface area contributed by atoms with Gasteiger partial charge in [0.05, 0.1) is 29.0 Å². The normalized spacial score (nSPS) is 12.7. The lowest BCUT2D eigenvalue weighted by atomic mass is 10.1. The summed E-state index contributed by atoms with van der Waals surface area (Å²) in [5, 5.41) is 11.3. The maximum atomic E-state index is 12.7. The summed E-state index contributed by atoms with van der Waals surface area (Å²) in [6, 6.07) is 10.4. The third kappa shape index (κ3) is 3.56. The lowest BCUT2D eigenvalue weighted by Gasteiger charge is -2.14. The van der Waals surface area contributed by atoms with E-state index in [1.807, 2.05) is 0 Å². The number of benzene rings is 2. The predicted molar refractivity (Wildman–Crippen MR) is 95.7 cm³/mol. The van der Waals surface area contributed by atoms with Gasteiger partial charge in [-0.25, -0.2) is 9.69 Å². The van der Waals surface area contributed by atoms with Crippen LogP contribution in [0.5, 0.6) is 0 Å². The number of ether oxygens (including phenoxy) is 1. The molecule has 0 atom stereocenters. The van der Waals surface area contributed by atoms with E-state index in [1.54, 1.807) is 24.3 Å². The highest BCUT2D eigenvalue weighted by Crippen LogP contribution is 2.30. The average Bonchev–Trinajstić information content (AvgIpc) is 2.90. The first kappa shape index (κ1) is 18.3. The van der Waals surface area contributed by atoms with Crippen LogP contribution in [0.25, 0.3) is 0 Å². The molecule has 0 radical (unpaired) electrons. The second-order valence-corrected chi connectivity index (χ2v) is 5.79. The van der Waals surface area contributed by atoms with Gasteiger partial charge in [-0.1, -0.05) is 0 Å². The topological polar surface area (TPSA) is 113 Å². The van der Waals surface area contributed by atoms with Crippen LogP contribution in [0.2, 0.25) is 0 Å². The summed E-state index contributed by atoms with van der Waals surface area (Å²) in [6.45, 7) is 0.910. The van der Waals surface area contributed by atoms with Gasteiger partial charge in [-0.05, 0) is 42.5 Å². The van der Waals surface area contributed by atoms with Crippen LogP contribution in [0.15, 0.2) is 42.5 Å². The van der Waals surface area contributed by atoms with Crippen molar-refractivity contribution >= 4 is 35.1 Å². The van der Waals surface area contributed by atoms with Gasteiger partial charge in [-0.2, -0.15) is 0 Å². The molecule has 0 unspecified atom stereocenters. The van der Waals surface area contributed by atoms with E-state index in [2.05, 4.69) is 5.32 Å². The zero-order valence-corrected chi connectivity index (χ0v) is 14.4. The first-order valence-electron chi connectivity index (χ1n) is 8.11. The number of nitrogens with one attached hydrogen (secondary N) is 1. The summed E-state index contributed by atoms with van der Waals surface area (Å²) >= 11 is 0. The molecule has 2 aromatic rings. The van der Waals surface area contributed by atoms with Crippen LogP contribution in [-0.4, -0.2) is 42.0 Å². The van der Waals surface area contributed by atoms with Crippen molar-refractivity contribution in [2.45, 2.75) is 6.92 Å². The van der Waals surface area contributed by atoms with E-state index in [4.69, 9.17) is 9.84 Å². The summed E-state index contributed by atoms with van der Waals surface area (Å²) in [7, 11) is 0. The maximum Gasteiger partial charge on any atom is 0.338 e. The number of hydrogen-bond donors (Lipinski definition) is 2. The molecule has 0 fully saturated rings. The first-order chi connectivity index (χ1) is 12.9. The Balaban J connectivity index is 1.87. The third-order valence-electron chi connectivity index (χ3n) is 3.89. The molecule has 0 spiro atoms. The highest BCUT2D eigenvalue weighted by Gasteiger charge is 2.37. The number of amides is 3. The number of aliphatic hydroxyl groups excluding tert-OH is 1. The van der Waals surface area contributed by atoms with E-state index in [9.17, 15) is 19.2 Å². The SMILES string of the molecule is CC(=O)Nc1ccc(N2C(=O)c3ccc(C(=O)OCCO)cc3C2=O)cc1. The average molecular weight is 368 g/mol. The van der Waals surface area contributed by atoms with Gasteiger partial charge >= 0.3 is 5.97 Å². The van der Waals surface area contributed by atoms with Gasteiger partial charge in [0.15, 0.2) is 0 Å². The van der Waals surface area contributed by atoms with Crippen LogP contribution in [0, 0.1) is 0 Å². The van der Waals surface area contributed by atoms with Crippen molar-refractivity contribution in [3.05, 3.63) is 59.2 Å². The highest BCUT2D eigenvalue weighted by molar-refractivity contribution is 6.34. The van der Waals surface area contributed by atoms with E-state index in [1.165, 1.54) is 25.1 Å². The number of carbonyl (C=O) groups excluding carboxylic acids is 4. The number of carbonyl (C=O) groups is 4. The summed E-state index contributed by atoms with van der Waals surface area (Å²) < 4.78 is 4.82. The second-order valence-electron chi connectivity index (χ2n) is 5.79. The Labute approximate surface area is 154 Å². The van der Waals surface area contributed by atoms with Crippen molar-refractivity contribution in [2.24, 2.45) is 0 Å². The van der Waals surface area contributed by atoms with Crippen LogP contribution >= 0.6 is 0 Å². The minimum absolute atomic E-state index is 0.101. The van der Waals surface area contributed by atoms with Crippen molar-refractivity contribution in [1.82, 2.24) is 0 Å². The van der Waals surface area contributed by atoms with E-state index < -0.39 is 17.8 Å². The Morgan fingerprint density at radius 3 is 2.33 bits per heavy atom. The zero-order valence-electron chi connectivity index (χ0n) is 14.4. The standard InChI is InChI=1S/C19H16N2O6/c1-11(23)20-13-3-5-14(6-4-13)21-17(24)15-7-2-12(10-16(15)18(21)25)19(26)27-9-8-22/h2-7,10,22H,8-9H2,1H3,(H,20,23). The molecule has 1 heterocycles. The van der Waals surface area contributed by atoms with Crippen LogP contribution < -0.4 is 10.2 Å². The van der Waals surface area contributed by atoms with Gasteiger partial charge in [0, 0.05) is 12.6 Å². The largest absolute Gasteiger partial charge is 0.460 e. The quantitative estimate of drug-likeness (QED) is 0.612. The van der Waals surface area contributed by atoms with Crippen molar-refractivity contribution < 1.29 is 29.0 Å². The monoisotopic (exact) mass is 368 g/mol. The fourth-order valence-electron chi connectivity index (χ4n) is 2.72. The number of hydrogen-bond acceptors (Lipinski definition) is 6. The molecule has 2 N–H and O–H groups in total. The number of nitrogens with zero attached hydrogens (tertiary/aromatic N) is 1. The first-order valence-corrected chi connectivity index (χ1v) is 8.11. The maximum absolute atomic E-state index is 12.7. The van der Waals surface area contributed by atoms with E-state index in [0.29, 0.717) is 11.4 Å². The summed E-state index contributed by atoms with van der Waals surface area (Å²) in [5.74, 6) is -1.98. The molecule has 0 aromatic heterocycles. The van der Waals surface area contributed by atoms with Gasteiger partial charge in [-0.15, -0.1) is 0 Å². The van der Waals surface area contributed by atoms with Crippen molar-refractivity contribution in [2.75, 3.05) is 23.4 Å². The molecule has 27 heavy (non-hydrogen) atoms. The molecule has 3 amide bonds. The molecule has 1 aliphatic rings. The van der Waals surface area contributed by atoms with Crippen LogP contribution in [-0.2, 0) is 9.53 Å². The highest BCUT2D eigenvalue weighted by atomic mass is 16.5. The van der Waals surface area contributed by atoms with Gasteiger partial charge < -0.3 is 15.2 Å². The number of anilines is 2. The molecule has 138 valence electrons. The molecule has 1 aliphatic heterocycles. The second kappa shape index (κ2) is 7.38. The molecular formula is C19H16N2O6. The Hall–Kier alpha value is -3.52. The molecule has 2 aromatic carbocycles. The van der Waals surface area contributed by atoms with Gasteiger partial charge in [0.2, 0.25) is 5.91 Å².